The van der Waals surface area contributed by atoms with Gasteiger partial charge in [-0.15, -0.1) is 0 Å². The van der Waals surface area contributed by atoms with E-state index in [-0.39, 0.29) is 5.78 Å². The van der Waals surface area contributed by atoms with E-state index in [9.17, 15) is 9.59 Å². The summed E-state index contributed by atoms with van der Waals surface area (Å²) in [7, 11) is 0. The normalized spacial score (nSPS) is 11.8. The fraction of sp³-hybridized carbons (Fsp3) is 0.125. The average molecular weight is 254 g/mol. The van der Waals surface area contributed by atoms with Crippen LogP contribution in [0.2, 0.25) is 0 Å². The van der Waals surface area contributed by atoms with Crippen LogP contribution in [0.25, 0.3) is 0 Å². The van der Waals surface area contributed by atoms with Gasteiger partial charge in [-0.05, 0) is 12.5 Å². The number of carbonyl (C=O) groups is 2. The first-order valence-electron chi connectivity index (χ1n) is 6.02. The van der Waals surface area contributed by atoms with Crippen LogP contribution in [-0.4, -0.2) is 16.9 Å². The van der Waals surface area contributed by atoms with Gasteiger partial charge in [0.15, 0.2) is 5.78 Å². The molecule has 0 fully saturated rings. The largest absolute Gasteiger partial charge is 0.481 e. The third kappa shape index (κ3) is 2.88. The Morgan fingerprint density at radius 3 is 1.95 bits per heavy atom. The van der Waals surface area contributed by atoms with Crippen LogP contribution in [0.1, 0.15) is 34.3 Å². The molecule has 0 saturated heterocycles. The van der Waals surface area contributed by atoms with Crippen molar-refractivity contribution < 1.29 is 14.7 Å². The van der Waals surface area contributed by atoms with Crippen LogP contribution in [0.5, 0.6) is 0 Å². The second-order valence-corrected chi connectivity index (χ2v) is 4.38. The van der Waals surface area contributed by atoms with Gasteiger partial charge in [0, 0.05) is 11.1 Å². The van der Waals surface area contributed by atoms with E-state index in [1.165, 1.54) is 0 Å². The molecule has 1 N–H and O–H groups in total. The molecule has 2 aromatic carbocycles. The van der Waals surface area contributed by atoms with Gasteiger partial charge in [0.2, 0.25) is 0 Å². The van der Waals surface area contributed by atoms with Gasteiger partial charge < -0.3 is 5.11 Å². The molecule has 0 aliphatic rings. The summed E-state index contributed by atoms with van der Waals surface area (Å²) < 4.78 is 0. The molecule has 3 nitrogen and oxygen atoms in total. The van der Waals surface area contributed by atoms with Crippen molar-refractivity contribution >= 4 is 11.8 Å². The van der Waals surface area contributed by atoms with Crippen LogP contribution in [0.3, 0.4) is 0 Å². The molecule has 0 heterocycles. The summed E-state index contributed by atoms with van der Waals surface area (Å²) in [5, 5.41) is 8.92. The van der Waals surface area contributed by atoms with Gasteiger partial charge >= 0.3 is 5.97 Å². The second kappa shape index (κ2) is 5.48. The zero-order valence-electron chi connectivity index (χ0n) is 10.5. The summed E-state index contributed by atoms with van der Waals surface area (Å²) >= 11 is 0. The highest BCUT2D eigenvalue weighted by atomic mass is 16.4. The Morgan fingerprint density at radius 1 is 0.895 bits per heavy atom. The van der Waals surface area contributed by atoms with Gasteiger partial charge in [-0.2, -0.15) is 0 Å². The molecule has 1 atom stereocenters. The summed E-state index contributed by atoms with van der Waals surface area (Å²) in [6.07, 6.45) is 0. The quantitative estimate of drug-likeness (QED) is 0.853. The van der Waals surface area contributed by atoms with Crippen LogP contribution < -0.4 is 0 Å². The molecule has 2 rings (SSSR count). The molecule has 2 aromatic rings. The van der Waals surface area contributed by atoms with Gasteiger partial charge in [0.1, 0.15) is 0 Å². The highest BCUT2D eigenvalue weighted by Crippen LogP contribution is 2.17. The SMILES string of the molecule is CC(C(=O)O)c1ccc(C(=O)c2ccccc2)cc1. The summed E-state index contributed by atoms with van der Waals surface area (Å²) in [5.41, 5.74) is 1.88. The molecule has 1 unspecified atom stereocenters. The molecular weight excluding hydrogens is 240 g/mol. The number of benzene rings is 2. The molecule has 0 spiro atoms. The van der Waals surface area contributed by atoms with Crippen molar-refractivity contribution in [2.75, 3.05) is 0 Å². The van der Waals surface area contributed by atoms with Crippen molar-refractivity contribution in [2.45, 2.75) is 12.8 Å². The zero-order chi connectivity index (χ0) is 13.8. The molecule has 3 heteroatoms. The van der Waals surface area contributed by atoms with E-state index < -0.39 is 11.9 Å². The summed E-state index contributed by atoms with van der Waals surface area (Å²) in [6, 6.07) is 15.7. The minimum atomic E-state index is -0.873. The van der Waals surface area contributed by atoms with Gasteiger partial charge in [0.25, 0.3) is 0 Å². The molecule has 96 valence electrons. The van der Waals surface area contributed by atoms with E-state index in [1.807, 2.05) is 18.2 Å². The van der Waals surface area contributed by atoms with Crippen LogP contribution in [0, 0.1) is 0 Å². The fourth-order valence-electron chi connectivity index (χ4n) is 1.82. The van der Waals surface area contributed by atoms with Gasteiger partial charge in [0.05, 0.1) is 5.92 Å². The van der Waals surface area contributed by atoms with Crippen LogP contribution >= 0.6 is 0 Å². The monoisotopic (exact) mass is 254 g/mol. The number of ketones is 1. The molecule has 0 aromatic heterocycles. The first-order valence-corrected chi connectivity index (χ1v) is 6.02. The molecule has 0 bridgehead atoms. The lowest BCUT2D eigenvalue weighted by molar-refractivity contribution is -0.138. The Kier molecular flexibility index (Phi) is 3.76. The van der Waals surface area contributed by atoms with Crippen molar-refractivity contribution in [3.8, 4) is 0 Å². The van der Waals surface area contributed by atoms with Crippen molar-refractivity contribution in [1.29, 1.82) is 0 Å². The highest BCUT2D eigenvalue weighted by Gasteiger charge is 2.14. The van der Waals surface area contributed by atoms with E-state index in [0.29, 0.717) is 16.7 Å². The average Bonchev–Trinajstić information content (AvgIpc) is 2.46. The number of aliphatic carboxylic acids is 1. The molecule has 0 amide bonds. The molecule has 0 saturated carbocycles. The van der Waals surface area contributed by atoms with Gasteiger partial charge in [-0.25, -0.2) is 0 Å². The third-order valence-corrected chi connectivity index (χ3v) is 3.08. The fourth-order valence-corrected chi connectivity index (χ4v) is 1.82. The minimum Gasteiger partial charge on any atom is -0.481 e. The topological polar surface area (TPSA) is 54.4 Å². The van der Waals surface area contributed by atoms with Crippen LogP contribution in [0.4, 0.5) is 0 Å². The highest BCUT2D eigenvalue weighted by molar-refractivity contribution is 6.08. The summed E-state index contributed by atoms with van der Waals surface area (Å²) in [4.78, 5) is 23.0. The Labute approximate surface area is 111 Å². The van der Waals surface area contributed by atoms with Crippen LogP contribution in [-0.2, 0) is 4.79 Å². The van der Waals surface area contributed by atoms with Crippen molar-refractivity contribution in [1.82, 2.24) is 0 Å². The van der Waals surface area contributed by atoms with Gasteiger partial charge in [-0.1, -0.05) is 54.6 Å². The third-order valence-electron chi connectivity index (χ3n) is 3.08. The summed E-state index contributed by atoms with van der Waals surface area (Å²) in [6.45, 7) is 1.62. The Morgan fingerprint density at radius 2 is 1.42 bits per heavy atom. The van der Waals surface area contributed by atoms with Crippen molar-refractivity contribution in [3.63, 3.8) is 0 Å². The zero-order valence-corrected chi connectivity index (χ0v) is 10.5. The van der Waals surface area contributed by atoms with E-state index in [1.54, 1.807) is 43.3 Å². The Hall–Kier alpha value is -2.42. The lowest BCUT2D eigenvalue weighted by Crippen LogP contribution is -2.08. The predicted molar refractivity (Wildman–Crippen MR) is 72.4 cm³/mol. The standard InChI is InChI=1S/C16H14O3/c1-11(16(18)19)12-7-9-14(10-8-12)15(17)13-5-3-2-4-6-13/h2-11H,1H3,(H,18,19). The number of carbonyl (C=O) groups excluding carboxylic acids is 1. The lowest BCUT2D eigenvalue weighted by Gasteiger charge is -2.07. The number of hydrogen-bond donors (Lipinski definition) is 1. The van der Waals surface area contributed by atoms with E-state index >= 15 is 0 Å². The maximum absolute atomic E-state index is 12.1. The number of carboxylic acid groups (broad SMARTS) is 1. The Balaban J connectivity index is 2.24. The number of carboxylic acids is 1. The molecule has 0 aliphatic heterocycles. The molecular formula is C16H14O3. The first kappa shape index (κ1) is 13.0. The van der Waals surface area contributed by atoms with Crippen LogP contribution in [0.15, 0.2) is 54.6 Å². The second-order valence-electron chi connectivity index (χ2n) is 4.38. The lowest BCUT2D eigenvalue weighted by atomic mass is 9.97. The van der Waals surface area contributed by atoms with Crippen molar-refractivity contribution in [3.05, 3.63) is 71.3 Å². The predicted octanol–water partition coefficient (Wildman–Crippen LogP) is 3.11. The summed E-state index contributed by atoms with van der Waals surface area (Å²) in [5.74, 6) is -1.50. The minimum absolute atomic E-state index is 0.0601. The maximum atomic E-state index is 12.1. The number of hydrogen-bond acceptors (Lipinski definition) is 2. The van der Waals surface area contributed by atoms with E-state index in [4.69, 9.17) is 5.11 Å². The smallest absolute Gasteiger partial charge is 0.310 e. The van der Waals surface area contributed by atoms with Crippen molar-refractivity contribution in [2.24, 2.45) is 0 Å². The molecule has 0 radical (unpaired) electrons. The number of rotatable bonds is 4. The van der Waals surface area contributed by atoms with Gasteiger partial charge in [-0.3, -0.25) is 9.59 Å². The molecule has 19 heavy (non-hydrogen) atoms. The van der Waals surface area contributed by atoms with E-state index in [0.717, 1.165) is 0 Å². The maximum Gasteiger partial charge on any atom is 0.310 e. The Bertz CT molecular complexity index is 585. The van der Waals surface area contributed by atoms with E-state index in [2.05, 4.69) is 0 Å². The first-order chi connectivity index (χ1) is 9.09. The molecule has 0 aliphatic carbocycles.